The van der Waals surface area contributed by atoms with E-state index in [-0.39, 0.29) is 11.8 Å². The first-order valence-electron chi connectivity index (χ1n) is 10.5. The number of rotatable bonds is 6. The number of ether oxygens (including phenoxy) is 1. The summed E-state index contributed by atoms with van der Waals surface area (Å²) in [4.78, 5) is 24.5. The molecule has 1 aliphatic rings. The van der Waals surface area contributed by atoms with Crippen LogP contribution in [0.1, 0.15) is 24.2 Å². The van der Waals surface area contributed by atoms with Gasteiger partial charge in [0.2, 0.25) is 5.91 Å². The fraction of sp³-hybridized carbons (Fsp3) is 0.304. The van der Waals surface area contributed by atoms with Gasteiger partial charge in [-0.25, -0.2) is 9.97 Å². The van der Waals surface area contributed by atoms with Crippen molar-refractivity contribution in [3.8, 4) is 17.0 Å². The van der Waals surface area contributed by atoms with Crippen molar-refractivity contribution in [2.75, 3.05) is 17.7 Å². The van der Waals surface area contributed by atoms with E-state index in [0.29, 0.717) is 22.7 Å². The van der Waals surface area contributed by atoms with Crippen LogP contribution in [0.25, 0.3) is 22.4 Å². The van der Waals surface area contributed by atoms with E-state index in [4.69, 9.17) is 4.74 Å². The number of methoxy groups -OCH3 is 1. The largest absolute Gasteiger partial charge is 0.495 e. The third-order valence-electron chi connectivity index (χ3n) is 5.53. The number of aromatic amines is 1. The number of H-pyrrole nitrogens is 1. The average Bonchev–Trinajstić information content (AvgIpc) is 3.46. The Hall–Kier alpha value is -3.88. The van der Waals surface area contributed by atoms with Crippen molar-refractivity contribution in [1.29, 1.82) is 0 Å². The number of aryl methyl sites for hydroxylation is 3. The lowest BCUT2D eigenvalue weighted by Crippen LogP contribution is -2.14. The lowest BCUT2D eigenvalue weighted by Gasteiger charge is -2.14. The molecule has 32 heavy (non-hydrogen) atoms. The summed E-state index contributed by atoms with van der Waals surface area (Å²) in [6.07, 6.45) is 3.85. The van der Waals surface area contributed by atoms with E-state index >= 15 is 0 Å². The van der Waals surface area contributed by atoms with Crippen LogP contribution in [0, 0.1) is 19.8 Å². The average molecular weight is 432 g/mol. The molecule has 3 aromatic heterocycles. The van der Waals surface area contributed by atoms with E-state index < -0.39 is 0 Å². The Labute approximate surface area is 185 Å². The minimum atomic E-state index is 0.00621. The monoisotopic (exact) mass is 431 g/mol. The smallest absolute Gasteiger partial charge is 0.228 e. The first kappa shape index (κ1) is 20.0. The van der Waals surface area contributed by atoms with Crippen LogP contribution in [0.3, 0.4) is 0 Å². The number of carbonyl (C=O) groups is 1. The maximum atomic E-state index is 12.3. The van der Waals surface area contributed by atoms with Gasteiger partial charge in [-0.05, 0) is 44.4 Å². The summed E-state index contributed by atoms with van der Waals surface area (Å²) in [6, 6.07) is 7.72. The van der Waals surface area contributed by atoms with Gasteiger partial charge in [-0.3, -0.25) is 9.48 Å². The Kier molecular flexibility index (Phi) is 4.80. The fourth-order valence-electron chi connectivity index (χ4n) is 3.82. The Morgan fingerprint density at radius 1 is 1.19 bits per heavy atom. The number of aromatic nitrogens is 5. The van der Waals surface area contributed by atoms with Gasteiger partial charge in [-0.15, -0.1) is 0 Å². The summed E-state index contributed by atoms with van der Waals surface area (Å²) in [5.74, 6) is 2.00. The molecule has 0 atom stereocenters. The van der Waals surface area contributed by atoms with Crippen LogP contribution in [0.2, 0.25) is 0 Å². The number of nitrogens with zero attached hydrogens (tertiary/aromatic N) is 4. The van der Waals surface area contributed by atoms with Crippen molar-refractivity contribution in [3.63, 3.8) is 0 Å². The maximum absolute atomic E-state index is 12.3. The van der Waals surface area contributed by atoms with Crippen LogP contribution in [0.5, 0.6) is 5.75 Å². The number of imidazole rings is 1. The first-order valence-corrected chi connectivity index (χ1v) is 10.5. The van der Waals surface area contributed by atoms with E-state index in [1.807, 2.05) is 45.3 Å². The molecule has 5 rings (SSSR count). The minimum absolute atomic E-state index is 0.00621. The summed E-state index contributed by atoms with van der Waals surface area (Å²) < 4.78 is 7.47. The summed E-state index contributed by atoms with van der Waals surface area (Å²) >= 11 is 0. The number of hydrogen-bond donors (Lipinski definition) is 3. The Balaban J connectivity index is 1.51. The highest BCUT2D eigenvalue weighted by Crippen LogP contribution is 2.36. The molecule has 0 aliphatic heterocycles. The zero-order valence-corrected chi connectivity index (χ0v) is 18.5. The van der Waals surface area contributed by atoms with Gasteiger partial charge in [0.05, 0.1) is 24.2 Å². The molecule has 3 heterocycles. The van der Waals surface area contributed by atoms with Crippen LogP contribution in [0.4, 0.5) is 17.2 Å². The minimum Gasteiger partial charge on any atom is -0.495 e. The van der Waals surface area contributed by atoms with Crippen LogP contribution >= 0.6 is 0 Å². The van der Waals surface area contributed by atoms with E-state index in [9.17, 15) is 4.79 Å². The lowest BCUT2D eigenvalue weighted by molar-refractivity contribution is -0.117. The Morgan fingerprint density at radius 2 is 2.00 bits per heavy atom. The molecule has 0 unspecified atom stereocenters. The van der Waals surface area contributed by atoms with Crippen LogP contribution < -0.4 is 15.4 Å². The second kappa shape index (κ2) is 7.67. The molecule has 0 saturated heterocycles. The highest BCUT2D eigenvalue weighted by atomic mass is 16.5. The summed E-state index contributed by atoms with van der Waals surface area (Å²) in [5, 5.41) is 10.9. The number of benzene rings is 1. The predicted molar refractivity (Wildman–Crippen MR) is 123 cm³/mol. The summed E-state index contributed by atoms with van der Waals surface area (Å²) in [6.45, 7) is 3.91. The Bertz CT molecular complexity index is 1330. The number of hydrogen-bond acceptors (Lipinski definition) is 6. The van der Waals surface area contributed by atoms with E-state index in [0.717, 1.165) is 46.9 Å². The number of pyridine rings is 1. The number of fused-ring (bicyclic) bond motifs is 1. The molecule has 1 fully saturated rings. The summed E-state index contributed by atoms with van der Waals surface area (Å²) in [5.41, 5.74) is 5.78. The van der Waals surface area contributed by atoms with Gasteiger partial charge >= 0.3 is 0 Å². The quantitative estimate of drug-likeness (QED) is 0.424. The van der Waals surface area contributed by atoms with Crippen molar-refractivity contribution in [2.45, 2.75) is 26.7 Å². The van der Waals surface area contributed by atoms with Crippen molar-refractivity contribution in [1.82, 2.24) is 24.7 Å². The molecule has 3 N–H and O–H groups in total. The lowest BCUT2D eigenvalue weighted by atomic mass is 10.1. The highest BCUT2D eigenvalue weighted by Gasteiger charge is 2.30. The van der Waals surface area contributed by atoms with E-state index in [1.54, 1.807) is 17.9 Å². The van der Waals surface area contributed by atoms with E-state index in [2.05, 4.69) is 30.7 Å². The molecule has 1 saturated carbocycles. The normalized spacial score (nSPS) is 13.4. The molecule has 0 radical (unpaired) electrons. The van der Waals surface area contributed by atoms with Gasteiger partial charge in [0.1, 0.15) is 22.9 Å². The Morgan fingerprint density at radius 3 is 2.69 bits per heavy atom. The number of carbonyl (C=O) groups excluding carboxylic acids is 1. The van der Waals surface area contributed by atoms with Crippen LogP contribution in [0.15, 0.2) is 30.5 Å². The van der Waals surface area contributed by atoms with Crippen LogP contribution in [-0.2, 0) is 11.8 Å². The standard InChI is InChI=1S/C23H25N7O2/c1-12-11-30(3)29-20(12)15-7-8-16(18(9-15)32-4)26-17-10-19(28-23(31)14-5-6-14)27-22-21(17)24-13(2)25-22/h7-11,14H,5-6H2,1-4H3,(H3,24,25,26,27,28,31). The third-order valence-corrected chi connectivity index (χ3v) is 5.53. The molecule has 1 aromatic carbocycles. The van der Waals surface area contributed by atoms with Crippen molar-refractivity contribution in [2.24, 2.45) is 13.0 Å². The number of nitrogens with one attached hydrogen (secondary N) is 3. The molecular formula is C23H25N7O2. The summed E-state index contributed by atoms with van der Waals surface area (Å²) in [7, 11) is 3.54. The van der Waals surface area contributed by atoms with Gasteiger partial charge in [0, 0.05) is 30.8 Å². The van der Waals surface area contributed by atoms with Crippen molar-refractivity contribution < 1.29 is 9.53 Å². The highest BCUT2D eigenvalue weighted by molar-refractivity contribution is 5.97. The van der Waals surface area contributed by atoms with Crippen LogP contribution in [-0.4, -0.2) is 37.7 Å². The van der Waals surface area contributed by atoms with Gasteiger partial charge in [0.15, 0.2) is 5.65 Å². The number of anilines is 3. The second-order valence-corrected chi connectivity index (χ2v) is 8.21. The molecule has 9 heteroatoms. The van der Waals surface area contributed by atoms with Gasteiger partial charge in [0.25, 0.3) is 0 Å². The SMILES string of the molecule is COc1cc(-c2nn(C)cc2C)ccc1Nc1cc(NC(=O)C2CC2)nc2[nH]c(C)nc12. The van der Waals surface area contributed by atoms with E-state index in [1.165, 1.54) is 0 Å². The molecule has 9 nitrogen and oxygen atoms in total. The predicted octanol–water partition coefficient (Wildman–Crippen LogP) is 4.08. The van der Waals surface area contributed by atoms with Gasteiger partial charge in [-0.2, -0.15) is 5.10 Å². The molecule has 0 spiro atoms. The van der Waals surface area contributed by atoms with Crippen molar-refractivity contribution in [3.05, 3.63) is 41.9 Å². The van der Waals surface area contributed by atoms with Gasteiger partial charge in [-0.1, -0.05) is 6.07 Å². The molecule has 1 aliphatic carbocycles. The topological polar surface area (TPSA) is 110 Å². The zero-order valence-electron chi connectivity index (χ0n) is 18.5. The molecule has 4 aromatic rings. The zero-order chi connectivity index (χ0) is 22.4. The third kappa shape index (κ3) is 3.77. The van der Waals surface area contributed by atoms with Crippen molar-refractivity contribution >= 4 is 34.3 Å². The number of amides is 1. The molecule has 0 bridgehead atoms. The molecule has 1 amide bonds. The maximum Gasteiger partial charge on any atom is 0.228 e. The molecule has 164 valence electrons. The first-order chi connectivity index (χ1) is 15.4. The molecular weight excluding hydrogens is 406 g/mol. The fourth-order valence-corrected chi connectivity index (χ4v) is 3.82. The second-order valence-electron chi connectivity index (χ2n) is 8.21. The van der Waals surface area contributed by atoms with Gasteiger partial charge < -0.3 is 20.4 Å².